The highest BCUT2D eigenvalue weighted by Crippen LogP contribution is 2.34. The van der Waals surface area contributed by atoms with E-state index in [2.05, 4.69) is 44.0 Å². The van der Waals surface area contributed by atoms with Crippen LogP contribution in [0.2, 0.25) is 0 Å². The van der Waals surface area contributed by atoms with Crippen LogP contribution in [0, 0.1) is 13.8 Å². The third kappa shape index (κ3) is 2.60. The molecule has 1 aromatic rings. The molecule has 1 aliphatic carbocycles. The van der Waals surface area contributed by atoms with Gasteiger partial charge in [0.2, 0.25) is 0 Å². The van der Waals surface area contributed by atoms with Gasteiger partial charge in [0.25, 0.3) is 0 Å². The molecule has 2 rings (SSSR count). The van der Waals surface area contributed by atoms with Crippen LogP contribution in [0.5, 0.6) is 0 Å². The molecule has 0 atom stereocenters. The highest BCUT2D eigenvalue weighted by molar-refractivity contribution is 5.30. The van der Waals surface area contributed by atoms with Crippen LogP contribution >= 0.6 is 0 Å². The lowest BCUT2D eigenvalue weighted by Gasteiger charge is -2.38. The van der Waals surface area contributed by atoms with Gasteiger partial charge in [-0.1, -0.05) is 31.0 Å². The van der Waals surface area contributed by atoms with E-state index in [0.717, 1.165) is 13.1 Å². The number of nitrogens with two attached hydrogens (primary N) is 1. The van der Waals surface area contributed by atoms with Gasteiger partial charge in [-0.25, -0.2) is 0 Å². The summed E-state index contributed by atoms with van der Waals surface area (Å²) in [6, 6.07) is 6.78. The van der Waals surface area contributed by atoms with Crippen molar-refractivity contribution in [2.75, 3.05) is 13.6 Å². The van der Waals surface area contributed by atoms with E-state index in [1.807, 2.05) is 0 Å². The Labute approximate surface area is 111 Å². The first kappa shape index (κ1) is 13.6. The maximum Gasteiger partial charge on any atom is 0.0332 e. The van der Waals surface area contributed by atoms with Crippen LogP contribution in [0.3, 0.4) is 0 Å². The molecule has 2 heteroatoms. The first-order chi connectivity index (χ1) is 8.57. The van der Waals surface area contributed by atoms with E-state index in [4.69, 9.17) is 5.73 Å². The Morgan fingerprint density at radius 2 is 1.83 bits per heavy atom. The molecule has 0 radical (unpaired) electrons. The van der Waals surface area contributed by atoms with E-state index in [1.54, 1.807) is 0 Å². The smallest absolute Gasteiger partial charge is 0.0332 e. The summed E-state index contributed by atoms with van der Waals surface area (Å²) in [5.41, 5.74) is 10.4. The van der Waals surface area contributed by atoms with Crippen molar-refractivity contribution in [3.05, 3.63) is 34.9 Å². The summed E-state index contributed by atoms with van der Waals surface area (Å²) in [4.78, 5) is 2.48. The molecule has 100 valence electrons. The summed E-state index contributed by atoms with van der Waals surface area (Å²) < 4.78 is 0. The normalized spacial score (nSPS) is 18.5. The minimum Gasteiger partial charge on any atom is -0.329 e. The molecule has 0 unspecified atom stereocenters. The molecule has 1 aliphatic rings. The molecule has 2 nitrogen and oxygen atoms in total. The zero-order valence-electron chi connectivity index (χ0n) is 12.0. The predicted molar refractivity (Wildman–Crippen MR) is 77.6 cm³/mol. The summed E-state index contributed by atoms with van der Waals surface area (Å²) in [6.45, 7) is 6.15. The minimum atomic E-state index is 0.249. The molecule has 0 bridgehead atoms. The van der Waals surface area contributed by atoms with Gasteiger partial charge in [0.1, 0.15) is 0 Å². The lowest BCUT2D eigenvalue weighted by molar-refractivity contribution is 0.124. The van der Waals surface area contributed by atoms with E-state index >= 15 is 0 Å². The molecule has 2 N–H and O–H groups in total. The van der Waals surface area contributed by atoms with Crippen molar-refractivity contribution in [3.8, 4) is 0 Å². The summed E-state index contributed by atoms with van der Waals surface area (Å²) in [5.74, 6) is 0. The van der Waals surface area contributed by atoms with Gasteiger partial charge >= 0.3 is 0 Å². The van der Waals surface area contributed by atoms with Crippen molar-refractivity contribution in [1.29, 1.82) is 0 Å². The number of benzene rings is 1. The van der Waals surface area contributed by atoms with E-state index in [-0.39, 0.29) is 5.54 Å². The van der Waals surface area contributed by atoms with Gasteiger partial charge in [0, 0.05) is 18.6 Å². The summed E-state index contributed by atoms with van der Waals surface area (Å²) in [7, 11) is 2.23. The van der Waals surface area contributed by atoms with Gasteiger partial charge in [-0.3, -0.25) is 4.90 Å². The Hall–Kier alpha value is -0.860. The third-order valence-electron chi connectivity index (χ3n) is 4.72. The van der Waals surface area contributed by atoms with Crippen LogP contribution in [0.1, 0.15) is 42.4 Å². The highest BCUT2D eigenvalue weighted by Gasteiger charge is 2.36. The SMILES string of the molecule is Cc1ccc(CN(C)C2(CN)CCCC2)cc1C. The quantitative estimate of drug-likeness (QED) is 0.885. The zero-order valence-corrected chi connectivity index (χ0v) is 12.0. The molecule has 0 spiro atoms. The summed E-state index contributed by atoms with van der Waals surface area (Å²) >= 11 is 0. The Balaban J connectivity index is 2.10. The average molecular weight is 246 g/mol. The molecule has 1 fully saturated rings. The predicted octanol–water partition coefficient (Wildman–Crippen LogP) is 3.01. The second-order valence-corrected chi connectivity index (χ2v) is 5.91. The molecular weight excluding hydrogens is 220 g/mol. The maximum atomic E-state index is 6.04. The van der Waals surface area contributed by atoms with E-state index in [1.165, 1.54) is 42.4 Å². The fourth-order valence-electron chi connectivity index (χ4n) is 3.12. The molecule has 0 aromatic heterocycles. The van der Waals surface area contributed by atoms with Crippen molar-refractivity contribution in [3.63, 3.8) is 0 Å². The lowest BCUT2D eigenvalue weighted by atomic mass is 9.95. The molecule has 1 saturated carbocycles. The Morgan fingerprint density at radius 1 is 1.17 bits per heavy atom. The van der Waals surface area contributed by atoms with Crippen molar-refractivity contribution in [2.24, 2.45) is 5.73 Å². The average Bonchev–Trinajstić information content (AvgIpc) is 2.84. The van der Waals surface area contributed by atoms with Gasteiger partial charge in [-0.05, 0) is 50.4 Å². The van der Waals surface area contributed by atoms with E-state index in [9.17, 15) is 0 Å². The number of aryl methyl sites for hydroxylation is 2. The molecule has 18 heavy (non-hydrogen) atoms. The Morgan fingerprint density at radius 3 is 2.39 bits per heavy atom. The molecular formula is C16H26N2. The van der Waals surface area contributed by atoms with E-state index < -0.39 is 0 Å². The van der Waals surface area contributed by atoms with Gasteiger partial charge in [0.05, 0.1) is 0 Å². The molecule has 0 saturated heterocycles. The van der Waals surface area contributed by atoms with Crippen LogP contribution < -0.4 is 5.73 Å². The van der Waals surface area contributed by atoms with E-state index in [0.29, 0.717) is 0 Å². The molecule has 0 amide bonds. The highest BCUT2D eigenvalue weighted by atomic mass is 15.2. The summed E-state index contributed by atoms with van der Waals surface area (Å²) in [5, 5.41) is 0. The fourth-order valence-corrected chi connectivity index (χ4v) is 3.12. The van der Waals surface area contributed by atoms with Crippen LogP contribution in [-0.4, -0.2) is 24.0 Å². The molecule has 1 aromatic carbocycles. The van der Waals surface area contributed by atoms with Crippen molar-refractivity contribution in [2.45, 2.75) is 51.6 Å². The lowest BCUT2D eigenvalue weighted by Crippen LogP contribution is -2.49. The second-order valence-electron chi connectivity index (χ2n) is 5.91. The first-order valence-electron chi connectivity index (χ1n) is 7.05. The van der Waals surface area contributed by atoms with Gasteiger partial charge < -0.3 is 5.73 Å². The van der Waals surface area contributed by atoms with Crippen LogP contribution in [0.15, 0.2) is 18.2 Å². The molecule has 0 aliphatic heterocycles. The summed E-state index contributed by atoms with van der Waals surface area (Å²) in [6.07, 6.45) is 5.17. The Kier molecular flexibility index (Phi) is 4.08. The van der Waals surface area contributed by atoms with Crippen LogP contribution in [0.4, 0.5) is 0 Å². The number of rotatable bonds is 4. The topological polar surface area (TPSA) is 29.3 Å². The van der Waals surface area contributed by atoms with Crippen molar-refractivity contribution in [1.82, 2.24) is 4.90 Å². The van der Waals surface area contributed by atoms with Crippen molar-refractivity contribution < 1.29 is 0 Å². The molecule has 0 heterocycles. The zero-order chi connectivity index (χ0) is 13.2. The number of hydrogen-bond acceptors (Lipinski definition) is 2. The van der Waals surface area contributed by atoms with Crippen LogP contribution in [-0.2, 0) is 6.54 Å². The Bertz CT molecular complexity index is 406. The fraction of sp³-hybridized carbons (Fsp3) is 0.625. The first-order valence-corrected chi connectivity index (χ1v) is 7.05. The number of likely N-dealkylation sites (N-methyl/N-ethyl adjacent to an activating group) is 1. The van der Waals surface area contributed by atoms with Crippen molar-refractivity contribution >= 4 is 0 Å². The monoisotopic (exact) mass is 246 g/mol. The second kappa shape index (κ2) is 5.41. The number of nitrogens with zero attached hydrogens (tertiary/aromatic N) is 1. The standard InChI is InChI=1S/C16H26N2/c1-13-6-7-15(10-14(13)2)11-18(3)16(12-17)8-4-5-9-16/h6-7,10H,4-5,8-9,11-12,17H2,1-3H3. The van der Waals surface area contributed by atoms with Crippen LogP contribution in [0.25, 0.3) is 0 Å². The van der Waals surface area contributed by atoms with Gasteiger partial charge in [-0.2, -0.15) is 0 Å². The largest absolute Gasteiger partial charge is 0.329 e. The number of hydrogen-bond donors (Lipinski definition) is 1. The van der Waals surface area contributed by atoms with Gasteiger partial charge in [-0.15, -0.1) is 0 Å². The maximum absolute atomic E-state index is 6.04. The van der Waals surface area contributed by atoms with Gasteiger partial charge in [0.15, 0.2) is 0 Å². The third-order valence-corrected chi connectivity index (χ3v) is 4.72. The minimum absolute atomic E-state index is 0.249.